The van der Waals surface area contributed by atoms with Crippen molar-refractivity contribution in [3.63, 3.8) is 0 Å². The zero-order valence-electron chi connectivity index (χ0n) is 11.6. The highest BCUT2D eigenvalue weighted by molar-refractivity contribution is 5.90. The Morgan fingerprint density at radius 1 is 1.05 bits per heavy atom. The highest BCUT2D eigenvalue weighted by atomic mass is 16.5. The molecule has 0 aromatic heterocycles. The van der Waals surface area contributed by atoms with Crippen molar-refractivity contribution in [3.8, 4) is 5.75 Å². The molecule has 0 spiro atoms. The van der Waals surface area contributed by atoms with Gasteiger partial charge in [0.1, 0.15) is 5.75 Å². The Bertz CT molecular complexity index is 652. The Morgan fingerprint density at radius 2 is 1.85 bits per heavy atom. The third-order valence-electron chi connectivity index (χ3n) is 3.87. The van der Waals surface area contributed by atoms with E-state index in [4.69, 9.17) is 4.74 Å². The van der Waals surface area contributed by atoms with E-state index in [-0.39, 0.29) is 11.9 Å². The number of ether oxygens (including phenoxy) is 1. The molecule has 0 heterocycles. The average Bonchev–Trinajstić information content (AvgIpc) is 2.48. The monoisotopic (exact) mass is 266 g/mol. The van der Waals surface area contributed by atoms with Gasteiger partial charge in [-0.05, 0) is 30.2 Å². The number of carbonyl (C=O) groups excluding carboxylic acids is 1. The van der Waals surface area contributed by atoms with Crippen LogP contribution in [-0.4, -0.2) is 5.97 Å². The van der Waals surface area contributed by atoms with Crippen LogP contribution in [-0.2, 0) is 4.79 Å². The minimum Gasteiger partial charge on any atom is -0.425 e. The van der Waals surface area contributed by atoms with Crippen LogP contribution >= 0.6 is 0 Å². The fourth-order valence-electron chi connectivity index (χ4n) is 2.62. The van der Waals surface area contributed by atoms with Crippen molar-refractivity contribution in [2.45, 2.75) is 19.8 Å². The molecule has 0 saturated heterocycles. The molecule has 0 radical (unpaired) electrons. The van der Waals surface area contributed by atoms with Gasteiger partial charge in [-0.1, -0.05) is 55.5 Å². The molecule has 3 rings (SSSR count). The normalized spacial score (nSPS) is 21.9. The van der Waals surface area contributed by atoms with E-state index in [1.807, 2.05) is 48.5 Å². The second-order valence-corrected chi connectivity index (χ2v) is 5.44. The molecule has 2 atom stereocenters. The van der Waals surface area contributed by atoms with Gasteiger partial charge in [-0.3, -0.25) is 4.79 Å². The molecule has 2 nitrogen and oxygen atoms in total. The van der Waals surface area contributed by atoms with Gasteiger partial charge in [0.05, 0.1) is 5.92 Å². The van der Waals surface area contributed by atoms with Crippen LogP contribution < -0.4 is 4.74 Å². The van der Waals surface area contributed by atoms with Crippen LogP contribution in [0.3, 0.4) is 0 Å². The summed E-state index contributed by atoms with van der Waals surface area (Å²) in [4.78, 5) is 12.2. The van der Waals surface area contributed by atoms with Gasteiger partial charge in [-0.2, -0.15) is 0 Å². The van der Waals surface area contributed by atoms with Crippen LogP contribution in [0.2, 0.25) is 0 Å². The molecule has 0 saturated carbocycles. The molecule has 1 aliphatic rings. The maximum atomic E-state index is 12.2. The lowest BCUT2D eigenvalue weighted by molar-refractivity contribution is -0.137. The Labute approximate surface area is 119 Å². The number of benzene rings is 2. The van der Waals surface area contributed by atoms with Crippen LogP contribution in [0.25, 0.3) is 10.8 Å². The summed E-state index contributed by atoms with van der Waals surface area (Å²) in [6.45, 7) is 2.17. The Hall–Kier alpha value is -2.09. The van der Waals surface area contributed by atoms with Gasteiger partial charge >= 0.3 is 5.97 Å². The molecule has 2 aromatic rings. The van der Waals surface area contributed by atoms with Gasteiger partial charge in [0, 0.05) is 5.39 Å². The first-order valence-corrected chi connectivity index (χ1v) is 7.12. The van der Waals surface area contributed by atoms with E-state index in [0.29, 0.717) is 11.7 Å². The first kappa shape index (κ1) is 12.9. The van der Waals surface area contributed by atoms with E-state index in [1.165, 1.54) is 0 Å². The first-order valence-electron chi connectivity index (χ1n) is 7.12. The average molecular weight is 266 g/mol. The summed E-state index contributed by atoms with van der Waals surface area (Å²) in [6, 6.07) is 13.8. The van der Waals surface area contributed by atoms with E-state index in [9.17, 15) is 4.79 Å². The number of hydrogen-bond donors (Lipinski definition) is 0. The SMILES string of the molecule is CC1C=CC(C(=O)Oc2cccc3ccccc23)CC1. The Kier molecular flexibility index (Phi) is 3.55. The van der Waals surface area contributed by atoms with Crippen molar-refractivity contribution in [2.75, 3.05) is 0 Å². The largest absolute Gasteiger partial charge is 0.425 e. The van der Waals surface area contributed by atoms with Crippen molar-refractivity contribution in [2.24, 2.45) is 11.8 Å². The maximum Gasteiger partial charge on any atom is 0.318 e. The minimum atomic E-state index is -0.149. The van der Waals surface area contributed by atoms with Gasteiger partial charge in [0.2, 0.25) is 0 Å². The molecule has 0 N–H and O–H groups in total. The summed E-state index contributed by atoms with van der Waals surface area (Å²) in [6.07, 6.45) is 6.02. The fraction of sp³-hybridized carbons (Fsp3) is 0.278. The van der Waals surface area contributed by atoms with Crippen molar-refractivity contribution in [1.82, 2.24) is 0 Å². The number of rotatable bonds is 2. The molecular formula is C18H18O2. The third-order valence-corrected chi connectivity index (χ3v) is 3.87. The lowest BCUT2D eigenvalue weighted by Crippen LogP contribution is -2.21. The molecule has 2 aromatic carbocycles. The zero-order valence-corrected chi connectivity index (χ0v) is 11.6. The van der Waals surface area contributed by atoms with Crippen molar-refractivity contribution in [1.29, 1.82) is 0 Å². The van der Waals surface area contributed by atoms with Crippen molar-refractivity contribution >= 4 is 16.7 Å². The zero-order chi connectivity index (χ0) is 13.9. The Balaban J connectivity index is 1.83. The molecule has 0 amide bonds. The molecule has 0 bridgehead atoms. The number of allylic oxidation sites excluding steroid dienone is 1. The topological polar surface area (TPSA) is 26.3 Å². The van der Waals surface area contributed by atoms with Crippen LogP contribution in [0.4, 0.5) is 0 Å². The molecule has 0 aliphatic heterocycles. The van der Waals surface area contributed by atoms with Gasteiger partial charge in [0.15, 0.2) is 0 Å². The smallest absolute Gasteiger partial charge is 0.318 e. The van der Waals surface area contributed by atoms with E-state index >= 15 is 0 Å². The van der Waals surface area contributed by atoms with Gasteiger partial charge in [-0.15, -0.1) is 0 Å². The summed E-state index contributed by atoms with van der Waals surface area (Å²) in [5, 5.41) is 2.07. The predicted octanol–water partition coefficient (Wildman–Crippen LogP) is 4.35. The fourth-order valence-corrected chi connectivity index (χ4v) is 2.62. The Morgan fingerprint density at radius 3 is 2.65 bits per heavy atom. The molecule has 1 aliphatic carbocycles. The highest BCUT2D eigenvalue weighted by Crippen LogP contribution is 2.28. The van der Waals surface area contributed by atoms with E-state index < -0.39 is 0 Å². The second-order valence-electron chi connectivity index (χ2n) is 5.44. The van der Waals surface area contributed by atoms with Gasteiger partial charge in [-0.25, -0.2) is 0 Å². The minimum absolute atomic E-state index is 0.106. The maximum absolute atomic E-state index is 12.2. The molecule has 102 valence electrons. The number of fused-ring (bicyclic) bond motifs is 1. The summed E-state index contributed by atoms with van der Waals surface area (Å²) in [7, 11) is 0. The summed E-state index contributed by atoms with van der Waals surface area (Å²) in [5.74, 6) is 0.964. The van der Waals surface area contributed by atoms with Crippen molar-refractivity contribution in [3.05, 3.63) is 54.6 Å². The summed E-state index contributed by atoms with van der Waals surface area (Å²) >= 11 is 0. The highest BCUT2D eigenvalue weighted by Gasteiger charge is 2.22. The molecule has 0 fully saturated rings. The lowest BCUT2D eigenvalue weighted by Gasteiger charge is -2.19. The van der Waals surface area contributed by atoms with E-state index in [2.05, 4.69) is 13.0 Å². The van der Waals surface area contributed by atoms with Gasteiger partial charge < -0.3 is 4.74 Å². The second kappa shape index (κ2) is 5.49. The number of esters is 1. The van der Waals surface area contributed by atoms with Crippen molar-refractivity contribution < 1.29 is 9.53 Å². The lowest BCUT2D eigenvalue weighted by atomic mass is 9.90. The molecule has 2 unspecified atom stereocenters. The number of carbonyl (C=O) groups is 1. The molecular weight excluding hydrogens is 248 g/mol. The molecule has 20 heavy (non-hydrogen) atoms. The van der Waals surface area contributed by atoms with Crippen LogP contribution in [0, 0.1) is 11.8 Å². The van der Waals surface area contributed by atoms with Crippen LogP contribution in [0.15, 0.2) is 54.6 Å². The predicted molar refractivity (Wildman–Crippen MR) is 80.6 cm³/mol. The standard InChI is InChI=1S/C18H18O2/c1-13-9-11-15(12-10-13)18(19)20-17-8-4-6-14-5-2-3-7-16(14)17/h2-9,11,13,15H,10,12H2,1H3. The third kappa shape index (κ3) is 2.60. The van der Waals surface area contributed by atoms with Crippen LogP contribution in [0.5, 0.6) is 5.75 Å². The molecule has 2 heteroatoms. The quantitative estimate of drug-likeness (QED) is 0.459. The van der Waals surface area contributed by atoms with Gasteiger partial charge in [0.25, 0.3) is 0 Å². The summed E-state index contributed by atoms with van der Waals surface area (Å²) < 4.78 is 5.61. The number of hydrogen-bond acceptors (Lipinski definition) is 2. The summed E-state index contributed by atoms with van der Waals surface area (Å²) in [5.41, 5.74) is 0. The van der Waals surface area contributed by atoms with E-state index in [0.717, 1.165) is 23.6 Å². The van der Waals surface area contributed by atoms with E-state index in [1.54, 1.807) is 0 Å². The first-order chi connectivity index (χ1) is 9.74. The van der Waals surface area contributed by atoms with Crippen LogP contribution in [0.1, 0.15) is 19.8 Å².